The fourth-order valence-corrected chi connectivity index (χ4v) is 2.16. The molecule has 0 spiro atoms. The number of carbonyl (C=O) groups excluding carboxylic acids is 1. The minimum atomic E-state index is -0.402. The third-order valence-electron chi connectivity index (χ3n) is 3.21. The van der Waals surface area contributed by atoms with Gasteiger partial charge in [0, 0.05) is 0 Å². The summed E-state index contributed by atoms with van der Waals surface area (Å²) >= 11 is 0. The van der Waals surface area contributed by atoms with Gasteiger partial charge in [-0.15, -0.1) is 0 Å². The first-order chi connectivity index (χ1) is 10.3. The second-order valence-corrected chi connectivity index (χ2v) is 4.60. The number of amides is 1. The van der Waals surface area contributed by atoms with Gasteiger partial charge in [-0.2, -0.15) is 0 Å². The number of benzene rings is 2. The van der Waals surface area contributed by atoms with Crippen LogP contribution in [0.5, 0.6) is 17.2 Å². The van der Waals surface area contributed by atoms with Crippen LogP contribution in [0.25, 0.3) is 0 Å². The molecule has 3 rings (SSSR count). The number of ether oxygens (including phenoxy) is 3. The molecule has 1 N–H and O–H groups in total. The van der Waals surface area contributed by atoms with Crippen molar-refractivity contribution >= 4 is 6.09 Å². The molecule has 1 fully saturated rings. The molecule has 0 aliphatic carbocycles. The lowest BCUT2D eigenvalue weighted by Crippen LogP contribution is -2.12. The molecule has 0 saturated carbocycles. The Morgan fingerprint density at radius 2 is 1.95 bits per heavy atom. The highest BCUT2D eigenvalue weighted by atomic mass is 16.6. The standard InChI is InChI=1S/C16H15NO4/c1-19-13-8-7-11(15-10-17-16(18)21-15)9-14(13)20-12-5-3-2-4-6-12/h2-9,15H,10H2,1H3,(H,17,18). The molecule has 0 bridgehead atoms. The summed E-state index contributed by atoms with van der Waals surface area (Å²) in [5.41, 5.74) is 0.861. The van der Waals surface area contributed by atoms with Gasteiger partial charge in [0.1, 0.15) is 11.9 Å². The summed E-state index contributed by atoms with van der Waals surface area (Å²) in [5.74, 6) is 1.93. The minimum absolute atomic E-state index is 0.304. The molecule has 0 radical (unpaired) electrons. The number of carbonyl (C=O) groups is 1. The number of hydrogen-bond donors (Lipinski definition) is 1. The molecular weight excluding hydrogens is 270 g/mol. The zero-order valence-corrected chi connectivity index (χ0v) is 11.5. The van der Waals surface area contributed by atoms with E-state index in [-0.39, 0.29) is 6.10 Å². The summed E-state index contributed by atoms with van der Waals surface area (Å²) in [7, 11) is 1.59. The molecule has 21 heavy (non-hydrogen) atoms. The molecule has 108 valence electrons. The molecule has 1 amide bonds. The van der Waals surface area contributed by atoms with Crippen LogP contribution < -0.4 is 14.8 Å². The third-order valence-corrected chi connectivity index (χ3v) is 3.21. The van der Waals surface area contributed by atoms with Gasteiger partial charge in [0.2, 0.25) is 0 Å². The van der Waals surface area contributed by atoms with Gasteiger partial charge in [0.15, 0.2) is 11.5 Å². The van der Waals surface area contributed by atoms with Crippen molar-refractivity contribution in [2.75, 3.05) is 13.7 Å². The van der Waals surface area contributed by atoms with Crippen molar-refractivity contribution in [2.24, 2.45) is 0 Å². The first-order valence-electron chi connectivity index (χ1n) is 6.61. The third kappa shape index (κ3) is 2.91. The first kappa shape index (κ1) is 13.3. The lowest BCUT2D eigenvalue weighted by Gasteiger charge is -2.14. The summed E-state index contributed by atoms with van der Waals surface area (Å²) in [6.07, 6.45) is -0.706. The van der Waals surface area contributed by atoms with E-state index in [0.29, 0.717) is 18.0 Å². The number of rotatable bonds is 4. The van der Waals surface area contributed by atoms with E-state index < -0.39 is 6.09 Å². The van der Waals surface area contributed by atoms with Crippen molar-refractivity contribution in [1.29, 1.82) is 0 Å². The molecule has 1 atom stereocenters. The van der Waals surface area contributed by atoms with Crippen molar-refractivity contribution in [2.45, 2.75) is 6.10 Å². The number of para-hydroxylation sites is 1. The molecule has 5 nitrogen and oxygen atoms in total. The molecular formula is C16H15NO4. The Hall–Kier alpha value is -2.69. The maximum atomic E-state index is 11.1. The van der Waals surface area contributed by atoms with Crippen LogP contribution in [0.3, 0.4) is 0 Å². The molecule has 1 aliphatic rings. The highest BCUT2D eigenvalue weighted by Crippen LogP contribution is 2.35. The molecule has 0 aromatic heterocycles. The van der Waals surface area contributed by atoms with Gasteiger partial charge in [-0.1, -0.05) is 24.3 Å². The van der Waals surface area contributed by atoms with Crippen LogP contribution in [0.4, 0.5) is 4.79 Å². The predicted molar refractivity (Wildman–Crippen MR) is 76.7 cm³/mol. The number of cyclic esters (lactones) is 1. The van der Waals surface area contributed by atoms with E-state index in [9.17, 15) is 4.79 Å². The van der Waals surface area contributed by atoms with Crippen molar-refractivity contribution in [1.82, 2.24) is 5.32 Å². The van der Waals surface area contributed by atoms with E-state index in [2.05, 4.69) is 5.32 Å². The van der Waals surface area contributed by atoms with Gasteiger partial charge in [0.05, 0.1) is 13.7 Å². The molecule has 1 aliphatic heterocycles. The van der Waals surface area contributed by atoms with E-state index >= 15 is 0 Å². The van der Waals surface area contributed by atoms with E-state index in [1.807, 2.05) is 42.5 Å². The quantitative estimate of drug-likeness (QED) is 0.936. The van der Waals surface area contributed by atoms with Crippen LogP contribution in [-0.4, -0.2) is 19.7 Å². The van der Waals surface area contributed by atoms with Crippen molar-refractivity contribution in [3.63, 3.8) is 0 Å². The van der Waals surface area contributed by atoms with Crippen LogP contribution in [0.15, 0.2) is 48.5 Å². The Morgan fingerprint density at radius 1 is 1.14 bits per heavy atom. The Balaban J connectivity index is 1.88. The fourth-order valence-electron chi connectivity index (χ4n) is 2.16. The number of hydrogen-bond acceptors (Lipinski definition) is 4. The Labute approximate surface area is 122 Å². The van der Waals surface area contributed by atoms with Crippen molar-refractivity contribution in [3.05, 3.63) is 54.1 Å². The fraction of sp³-hybridized carbons (Fsp3) is 0.188. The largest absolute Gasteiger partial charge is 0.493 e. The predicted octanol–water partition coefficient (Wildman–Crippen LogP) is 3.27. The highest BCUT2D eigenvalue weighted by Gasteiger charge is 2.25. The van der Waals surface area contributed by atoms with Gasteiger partial charge < -0.3 is 19.5 Å². The van der Waals surface area contributed by atoms with E-state index in [1.54, 1.807) is 13.2 Å². The number of alkyl carbamates (subject to hydrolysis) is 1. The van der Waals surface area contributed by atoms with Crippen LogP contribution in [0.2, 0.25) is 0 Å². The average Bonchev–Trinajstić information content (AvgIpc) is 2.95. The zero-order valence-electron chi connectivity index (χ0n) is 11.5. The average molecular weight is 285 g/mol. The lowest BCUT2D eigenvalue weighted by molar-refractivity contribution is 0.141. The molecule has 2 aromatic rings. The molecule has 1 saturated heterocycles. The number of nitrogens with one attached hydrogen (secondary N) is 1. The van der Waals surface area contributed by atoms with Crippen LogP contribution in [0, 0.1) is 0 Å². The number of methoxy groups -OCH3 is 1. The maximum absolute atomic E-state index is 11.1. The molecule has 1 unspecified atom stereocenters. The van der Waals surface area contributed by atoms with Gasteiger partial charge >= 0.3 is 6.09 Å². The van der Waals surface area contributed by atoms with Crippen LogP contribution >= 0.6 is 0 Å². The lowest BCUT2D eigenvalue weighted by atomic mass is 10.1. The zero-order chi connectivity index (χ0) is 14.7. The summed E-state index contributed by atoms with van der Waals surface area (Å²) < 4.78 is 16.3. The smallest absolute Gasteiger partial charge is 0.407 e. The summed E-state index contributed by atoms with van der Waals surface area (Å²) in [6, 6.07) is 14.9. The van der Waals surface area contributed by atoms with Gasteiger partial charge in [-0.3, -0.25) is 0 Å². The molecule has 1 heterocycles. The van der Waals surface area contributed by atoms with Crippen molar-refractivity contribution < 1.29 is 19.0 Å². The Kier molecular flexibility index (Phi) is 3.64. The van der Waals surface area contributed by atoms with Crippen molar-refractivity contribution in [3.8, 4) is 17.2 Å². The summed E-state index contributed by atoms with van der Waals surface area (Å²) in [6.45, 7) is 0.454. The van der Waals surface area contributed by atoms with E-state index in [4.69, 9.17) is 14.2 Å². The monoisotopic (exact) mass is 285 g/mol. The maximum Gasteiger partial charge on any atom is 0.407 e. The van der Waals surface area contributed by atoms with Gasteiger partial charge in [-0.05, 0) is 29.8 Å². The van der Waals surface area contributed by atoms with Crippen LogP contribution in [0.1, 0.15) is 11.7 Å². The summed E-state index contributed by atoms with van der Waals surface area (Å²) in [5, 5.41) is 2.63. The van der Waals surface area contributed by atoms with E-state index in [1.165, 1.54) is 0 Å². The minimum Gasteiger partial charge on any atom is -0.493 e. The Morgan fingerprint density at radius 3 is 2.62 bits per heavy atom. The highest BCUT2D eigenvalue weighted by molar-refractivity contribution is 5.69. The second kappa shape index (κ2) is 5.75. The van der Waals surface area contributed by atoms with Crippen LogP contribution in [-0.2, 0) is 4.74 Å². The Bertz CT molecular complexity index is 642. The van der Waals surface area contributed by atoms with Gasteiger partial charge in [0.25, 0.3) is 0 Å². The van der Waals surface area contributed by atoms with E-state index in [0.717, 1.165) is 11.3 Å². The first-order valence-corrected chi connectivity index (χ1v) is 6.61. The van der Waals surface area contributed by atoms with Gasteiger partial charge in [-0.25, -0.2) is 4.79 Å². The summed E-state index contributed by atoms with van der Waals surface area (Å²) in [4.78, 5) is 11.1. The molecule has 5 heteroatoms. The molecule has 2 aromatic carbocycles. The topological polar surface area (TPSA) is 56.8 Å². The second-order valence-electron chi connectivity index (χ2n) is 4.60. The normalized spacial score (nSPS) is 17.0. The SMILES string of the molecule is COc1ccc(C2CNC(=O)O2)cc1Oc1ccccc1.